The fourth-order valence-corrected chi connectivity index (χ4v) is 0.248. The summed E-state index contributed by atoms with van der Waals surface area (Å²) in [4.78, 5) is 20.9. The van der Waals surface area contributed by atoms with Gasteiger partial charge in [0.25, 0.3) is 0 Å². The lowest BCUT2D eigenvalue weighted by Crippen LogP contribution is -2.40. The molecule has 52 valence electrons. The molecule has 0 aliphatic rings. The minimum absolute atomic E-state index is 0.519. The lowest BCUT2D eigenvalue weighted by atomic mass is 9.98. The van der Waals surface area contributed by atoms with E-state index in [2.05, 4.69) is 0 Å². The van der Waals surface area contributed by atoms with Gasteiger partial charge in [0.1, 0.15) is 0 Å². The highest BCUT2D eigenvalue weighted by Crippen LogP contribution is 2.04. The number of aliphatic hydroxyl groups is 1. The van der Waals surface area contributed by atoms with Gasteiger partial charge < -0.3 is 5.11 Å². The van der Waals surface area contributed by atoms with E-state index in [1.54, 1.807) is 0 Å². The maximum absolute atomic E-state index is 10.4. The lowest BCUT2D eigenvalue weighted by Gasteiger charge is -2.14. The van der Waals surface area contributed by atoms with E-state index >= 15 is 0 Å². The summed E-state index contributed by atoms with van der Waals surface area (Å²) in [5.41, 5.74) is -1.78. The number of ketones is 2. The van der Waals surface area contributed by atoms with Crippen LogP contribution >= 0.6 is 0 Å². The third-order valence-corrected chi connectivity index (χ3v) is 1.37. The summed E-state index contributed by atoms with van der Waals surface area (Å²) in [6.07, 6.45) is 0. The average molecular weight is 130 g/mol. The minimum Gasteiger partial charge on any atom is -0.375 e. The maximum atomic E-state index is 10.4. The van der Waals surface area contributed by atoms with Crippen molar-refractivity contribution in [2.24, 2.45) is 0 Å². The lowest BCUT2D eigenvalue weighted by molar-refractivity contribution is -0.146. The summed E-state index contributed by atoms with van der Waals surface area (Å²) in [5.74, 6) is -1.04. The first-order valence-corrected chi connectivity index (χ1v) is 2.63. The van der Waals surface area contributed by atoms with Gasteiger partial charge in [-0.3, -0.25) is 9.59 Å². The minimum atomic E-state index is -1.78. The third-order valence-electron chi connectivity index (χ3n) is 1.37. The third kappa shape index (κ3) is 1.61. The van der Waals surface area contributed by atoms with Crippen LogP contribution in [-0.2, 0) is 9.59 Å². The number of rotatable bonds is 2. The Bertz CT molecular complexity index is 130. The number of carbonyl (C=O) groups excluding carboxylic acids is 2. The molecule has 0 aliphatic heterocycles. The highest BCUT2D eigenvalue weighted by atomic mass is 16.3. The molecule has 0 aromatic carbocycles. The Hall–Kier alpha value is -0.700. The van der Waals surface area contributed by atoms with Crippen molar-refractivity contribution < 1.29 is 14.7 Å². The Balaban J connectivity index is 4.38. The van der Waals surface area contributed by atoms with Crippen molar-refractivity contribution in [2.75, 3.05) is 0 Å². The first-order chi connectivity index (χ1) is 3.89. The van der Waals surface area contributed by atoms with Gasteiger partial charge in [-0.25, -0.2) is 0 Å². The molecule has 0 saturated carbocycles. The Labute approximate surface area is 53.7 Å². The molecule has 0 rings (SSSR count). The van der Waals surface area contributed by atoms with Crippen LogP contribution in [0, 0.1) is 0 Å². The molecule has 0 spiro atoms. The van der Waals surface area contributed by atoms with Crippen LogP contribution in [0.1, 0.15) is 20.8 Å². The molecular weight excluding hydrogens is 120 g/mol. The van der Waals surface area contributed by atoms with E-state index in [1.807, 2.05) is 0 Å². The summed E-state index contributed by atoms with van der Waals surface area (Å²) in [7, 11) is 0. The predicted octanol–water partition coefficient (Wildman–Crippen LogP) is -0.0846. The van der Waals surface area contributed by atoms with E-state index in [0.29, 0.717) is 0 Å². The molecule has 0 unspecified atom stereocenters. The molecule has 0 aliphatic carbocycles. The van der Waals surface area contributed by atoms with Gasteiger partial charge in [-0.1, -0.05) is 0 Å². The first kappa shape index (κ1) is 8.30. The van der Waals surface area contributed by atoms with Gasteiger partial charge in [-0.15, -0.1) is 0 Å². The molecule has 0 radical (unpaired) electrons. The Morgan fingerprint density at radius 3 is 1.44 bits per heavy atom. The van der Waals surface area contributed by atoms with Crippen molar-refractivity contribution in [3.05, 3.63) is 0 Å². The second-order valence-corrected chi connectivity index (χ2v) is 2.18. The van der Waals surface area contributed by atoms with Crippen molar-refractivity contribution >= 4 is 11.6 Å². The van der Waals surface area contributed by atoms with Crippen molar-refractivity contribution in [3.8, 4) is 0 Å². The largest absolute Gasteiger partial charge is 0.375 e. The average Bonchev–Trinajstić information content (AvgIpc) is 1.65. The molecular formula is C6H10O3. The number of Topliss-reactive ketones (excluding diaryl/α,β-unsaturated/α-hetero) is 2. The summed E-state index contributed by atoms with van der Waals surface area (Å²) in [5, 5.41) is 8.97. The zero-order chi connectivity index (χ0) is 7.65. The number of hydrogen-bond donors (Lipinski definition) is 1. The van der Waals surface area contributed by atoms with Crippen LogP contribution < -0.4 is 0 Å². The highest BCUT2D eigenvalue weighted by molar-refractivity contribution is 6.07. The van der Waals surface area contributed by atoms with E-state index in [4.69, 9.17) is 5.11 Å². The van der Waals surface area contributed by atoms with Gasteiger partial charge in [-0.2, -0.15) is 0 Å². The van der Waals surface area contributed by atoms with Crippen LogP contribution in [0.4, 0.5) is 0 Å². The standard InChI is InChI=1S/C6H10O3/c1-4(7)6(3,9)5(2)8/h9H,1-3H3. The molecule has 0 aromatic rings. The second kappa shape index (κ2) is 2.27. The zero-order valence-corrected chi connectivity index (χ0v) is 5.76. The van der Waals surface area contributed by atoms with Crippen LogP contribution in [0.25, 0.3) is 0 Å². The van der Waals surface area contributed by atoms with Crippen molar-refractivity contribution in [3.63, 3.8) is 0 Å². The Morgan fingerprint density at radius 1 is 1.22 bits per heavy atom. The summed E-state index contributed by atoms with van der Waals surface area (Å²) < 4.78 is 0. The van der Waals surface area contributed by atoms with Gasteiger partial charge >= 0.3 is 0 Å². The molecule has 0 saturated heterocycles. The van der Waals surface area contributed by atoms with E-state index in [0.717, 1.165) is 0 Å². The van der Waals surface area contributed by atoms with Crippen LogP contribution in [0.3, 0.4) is 0 Å². The molecule has 0 bridgehead atoms. The van der Waals surface area contributed by atoms with E-state index in [-0.39, 0.29) is 0 Å². The fourth-order valence-electron chi connectivity index (χ4n) is 0.248. The van der Waals surface area contributed by atoms with Crippen molar-refractivity contribution in [2.45, 2.75) is 26.4 Å². The smallest absolute Gasteiger partial charge is 0.177 e. The molecule has 3 nitrogen and oxygen atoms in total. The molecule has 0 atom stereocenters. The van der Waals surface area contributed by atoms with Gasteiger partial charge in [0, 0.05) is 0 Å². The molecule has 0 amide bonds. The van der Waals surface area contributed by atoms with Gasteiger partial charge in [0.05, 0.1) is 0 Å². The molecule has 0 fully saturated rings. The van der Waals surface area contributed by atoms with Crippen LogP contribution in [0.15, 0.2) is 0 Å². The van der Waals surface area contributed by atoms with E-state index in [9.17, 15) is 9.59 Å². The van der Waals surface area contributed by atoms with Gasteiger partial charge in [-0.05, 0) is 20.8 Å². The first-order valence-electron chi connectivity index (χ1n) is 2.63. The quantitative estimate of drug-likeness (QED) is 0.532. The van der Waals surface area contributed by atoms with Crippen molar-refractivity contribution in [1.29, 1.82) is 0 Å². The second-order valence-electron chi connectivity index (χ2n) is 2.18. The highest BCUT2D eigenvalue weighted by Gasteiger charge is 2.31. The monoisotopic (exact) mass is 130 g/mol. The molecule has 3 heteroatoms. The fraction of sp³-hybridized carbons (Fsp3) is 0.667. The SMILES string of the molecule is CC(=O)C(C)(O)C(C)=O. The Kier molecular flexibility index (Phi) is 2.09. The Morgan fingerprint density at radius 2 is 1.44 bits per heavy atom. The summed E-state index contributed by atoms with van der Waals surface area (Å²) in [6, 6.07) is 0. The topological polar surface area (TPSA) is 54.4 Å². The van der Waals surface area contributed by atoms with Gasteiger partial charge in [0.15, 0.2) is 17.2 Å². The normalized spacial score (nSPS) is 11.1. The summed E-state index contributed by atoms with van der Waals surface area (Å²) in [6.45, 7) is 3.56. The van der Waals surface area contributed by atoms with Crippen LogP contribution in [-0.4, -0.2) is 22.3 Å². The zero-order valence-electron chi connectivity index (χ0n) is 5.76. The molecule has 0 aromatic heterocycles. The maximum Gasteiger partial charge on any atom is 0.177 e. The molecule has 0 heterocycles. The van der Waals surface area contributed by atoms with Gasteiger partial charge in [0.2, 0.25) is 0 Å². The molecule has 9 heavy (non-hydrogen) atoms. The van der Waals surface area contributed by atoms with Crippen molar-refractivity contribution in [1.82, 2.24) is 0 Å². The summed E-state index contributed by atoms with van der Waals surface area (Å²) >= 11 is 0. The van der Waals surface area contributed by atoms with E-state index < -0.39 is 17.2 Å². The number of hydrogen-bond acceptors (Lipinski definition) is 3. The number of carbonyl (C=O) groups is 2. The predicted molar refractivity (Wildman–Crippen MR) is 32.0 cm³/mol. The van der Waals surface area contributed by atoms with Crippen LogP contribution in [0.5, 0.6) is 0 Å². The van der Waals surface area contributed by atoms with Crippen LogP contribution in [0.2, 0.25) is 0 Å². The van der Waals surface area contributed by atoms with E-state index in [1.165, 1.54) is 20.8 Å². The molecule has 1 N–H and O–H groups in total.